The number of nitrogens with zero attached hydrogens (tertiary/aromatic N) is 1. The van der Waals surface area contributed by atoms with Crippen LogP contribution in [0, 0.1) is 5.82 Å². The second-order valence-corrected chi connectivity index (χ2v) is 7.43. The van der Waals surface area contributed by atoms with Gasteiger partial charge in [-0.1, -0.05) is 6.07 Å². The Morgan fingerprint density at radius 3 is 2.41 bits per heavy atom. The molecule has 0 spiro atoms. The molecule has 27 heavy (non-hydrogen) atoms. The van der Waals surface area contributed by atoms with Gasteiger partial charge in [-0.15, -0.1) is 0 Å². The van der Waals surface area contributed by atoms with E-state index in [4.69, 9.17) is 4.74 Å². The summed E-state index contributed by atoms with van der Waals surface area (Å²) in [6, 6.07) is 13.9. The molecule has 0 saturated carbocycles. The quantitative estimate of drug-likeness (QED) is 0.727. The summed E-state index contributed by atoms with van der Waals surface area (Å²) in [5.74, 6) is -0.473. The van der Waals surface area contributed by atoms with E-state index in [1.54, 1.807) is 0 Å². The molecule has 0 fully saturated rings. The van der Waals surface area contributed by atoms with Gasteiger partial charge in [-0.25, -0.2) is 17.8 Å². The van der Waals surface area contributed by atoms with Crippen LogP contribution in [0.2, 0.25) is 0 Å². The van der Waals surface area contributed by atoms with Crippen LogP contribution in [0.5, 0.6) is 5.75 Å². The maximum atomic E-state index is 13.2. The van der Waals surface area contributed by atoms with E-state index in [1.807, 2.05) is 0 Å². The van der Waals surface area contributed by atoms with Crippen LogP contribution in [-0.4, -0.2) is 26.4 Å². The molecule has 0 atom stereocenters. The zero-order valence-corrected chi connectivity index (χ0v) is 15.0. The number of sulfone groups is 1. The summed E-state index contributed by atoms with van der Waals surface area (Å²) >= 11 is 0. The van der Waals surface area contributed by atoms with Crippen LogP contribution in [0.4, 0.5) is 10.1 Å². The third-order valence-corrected chi connectivity index (χ3v) is 5.41. The van der Waals surface area contributed by atoms with E-state index in [9.17, 15) is 17.6 Å². The lowest BCUT2D eigenvalue weighted by atomic mass is 10.2. The topological polar surface area (TPSA) is 85.4 Å². The Morgan fingerprint density at radius 1 is 1.07 bits per heavy atom. The Hall–Kier alpha value is -3.26. The number of carbonyl (C=O) groups is 1. The molecule has 8 heteroatoms. The van der Waals surface area contributed by atoms with Crippen molar-refractivity contribution < 1.29 is 22.3 Å². The molecule has 0 unspecified atom stereocenters. The highest BCUT2D eigenvalue weighted by atomic mass is 32.2. The van der Waals surface area contributed by atoms with E-state index in [1.165, 1.54) is 67.8 Å². The Bertz CT molecular complexity index is 1070. The summed E-state index contributed by atoms with van der Waals surface area (Å²) in [6.07, 6.45) is 1.16. The zero-order valence-electron chi connectivity index (χ0n) is 14.2. The van der Waals surface area contributed by atoms with Crippen LogP contribution in [0.15, 0.2) is 76.8 Å². The van der Waals surface area contributed by atoms with E-state index >= 15 is 0 Å². The molecule has 6 nitrogen and oxygen atoms in total. The number of nitrogens with one attached hydrogen (secondary N) is 1. The first kappa shape index (κ1) is 18.5. The van der Waals surface area contributed by atoms with Crippen molar-refractivity contribution in [2.75, 3.05) is 12.4 Å². The standard InChI is InChI=1S/C19H15FN2O4S/c1-26-16-6-8-17(9-7-16)27(24,25)18-10-5-13(12-21-18)19(23)22-15-4-2-3-14(20)11-15/h2-12H,1H3,(H,22,23). The van der Waals surface area contributed by atoms with Crippen molar-refractivity contribution in [1.29, 1.82) is 0 Å². The minimum atomic E-state index is -3.82. The highest BCUT2D eigenvalue weighted by Crippen LogP contribution is 2.22. The predicted octanol–water partition coefficient (Wildman–Crippen LogP) is 3.31. The van der Waals surface area contributed by atoms with Crippen molar-refractivity contribution in [3.63, 3.8) is 0 Å². The molecular weight excluding hydrogens is 371 g/mol. The maximum absolute atomic E-state index is 13.2. The van der Waals surface area contributed by atoms with Gasteiger partial charge in [-0.3, -0.25) is 4.79 Å². The van der Waals surface area contributed by atoms with Gasteiger partial charge >= 0.3 is 0 Å². The fourth-order valence-corrected chi connectivity index (χ4v) is 3.49. The number of aromatic nitrogens is 1. The molecule has 1 aromatic heterocycles. The Kier molecular flexibility index (Phi) is 5.18. The Morgan fingerprint density at radius 2 is 1.81 bits per heavy atom. The zero-order chi connectivity index (χ0) is 19.4. The van der Waals surface area contributed by atoms with Crippen molar-refractivity contribution in [2.24, 2.45) is 0 Å². The molecule has 0 aliphatic heterocycles. The van der Waals surface area contributed by atoms with Crippen LogP contribution < -0.4 is 10.1 Å². The maximum Gasteiger partial charge on any atom is 0.257 e. The summed E-state index contributed by atoms with van der Waals surface area (Å²) < 4.78 is 43.4. The van der Waals surface area contributed by atoms with Gasteiger partial charge in [0.2, 0.25) is 9.84 Å². The SMILES string of the molecule is COc1ccc(S(=O)(=O)c2ccc(C(=O)Nc3cccc(F)c3)cn2)cc1. The van der Waals surface area contributed by atoms with Crippen LogP contribution in [0.3, 0.4) is 0 Å². The number of amides is 1. The van der Waals surface area contributed by atoms with E-state index in [2.05, 4.69) is 10.3 Å². The highest BCUT2D eigenvalue weighted by molar-refractivity contribution is 7.91. The number of anilines is 1. The number of hydrogen-bond donors (Lipinski definition) is 1. The summed E-state index contributed by atoms with van der Waals surface area (Å²) in [4.78, 5) is 16.1. The van der Waals surface area contributed by atoms with Crippen molar-refractivity contribution in [3.05, 3.63) is 78.2 Å². The van der Waals surface area contributed by atoms with Crippen LogP contribution in [0.25, 0.3) is 0 Å². The number of halogens is 1. The van der Waals surface area contributed by atoms with Crippen molar-refractivity contribution >= 4 is 21.4 Å². The summed E-state index contributed by atoms with van der Waals surface area (Å²) in [6.45, 7) is 0. The molecule has 2 aromatic carbocycles. The van der Waals surface area contributed by atoms with Crippen LogP contribution in [0.1, 0.15) is 10.4 Å². The van der Waals surface area contributed by atoms with E-state index in [0.717, 1.165) is 6.20 Å². The van der Waals surface area contributed by atoms with Crippen LogP contribution in [-0.2, 0) is 9.84 Å². The molecular formula is C19H15FN2O4S. The molecule has 0 bridgehead atoms. The lowest BCUT2D eigenvalue weighted by Crippen LogP contribution is -2.13. The number of ether oxygens (including phenoxy) is 1. The van der Waals surface area contributed by atoms with E-state index in [-0.39, 0.29) is 21.2 Å². The summed E-state index contributed by atoms with van der Waals surface area (Å²) in [7, 11) is -2.33. The second kappa shape index (κ2) is 7.55. The lowest BCUT2D eigenvalue weighted by molar-refractivity contribution is 0.102. The minimum Gasteiger partial charge on any atom is -0.497 e. The first-order valence-corrected chi connectivity index (χ1v) is 9.30. The average molecular weight is 386 g/mol. The largest absolute Gasteiger partial charge is 0.497 e. The molecule has 0 radical (unpaired) electrons. The van der Waals surface area contributed by atoms with Crippen LogP contribution >= 0.6 is 0 Å². The molecule has 0 aliphatic rings. The first-order chi connectivity index (χ1) is 12.9. The van der Waals surface area contributed by atoms with Crippen molar-refractivity contribution in [2.45, 2.75) is 9.92 Å². The van der Waals surface area contributed by atoms with E-state index < -0.39 is 21.6 Å². The van der Waals surface area contributed by atoms with Crippen molar-refractivity contribution in [3.8, 4) is 5.75 Å². The molecule has 0 aliphatic carbocycles. The van der Waals surface area contributed by atoms with Gasteiger partial charge in [0, 0.05) is 11.9 Å². The second-order valence-electron chi connectivity index (χ2n) is 5.53. The number of rotatable bonds is 5. The fourth-order valence-electron chi connectivity index (χ4n) is 2.32. The van der Waals surface area contributed by atoms with Gasteiger partial charge in [-0.2, -0.15) is 0 Å². The average Bonchev–Trinajstić information content (AvgIpc) is 2.68. The van der Waals surface area contributed by atoms with Gasteiger partial charge in [0.05, 0.1) is 17.6 Å². The monoisotopic (exact) mass is 386 g/mol. The predicted molar refractivity (Wildman–Crippen MR) is 97.0 cm³/mol. The van der Waals surface area contributed by atoms with Gasteiger partial charge in [0.15, 0.2) is 5.03 Å². The summed E-state index contributed by atoms with van der Waals surface area (Å²) in [5.41, 5.74) is 0.433. The number of hydrogen-bond acceptors (Lipinski definition) is 5. The van der Waals surface area contributed by atoms with Gasteiger partial charge < -0.3 is 10.1 Å². The van der Waals surface area contributed by atoms with E-state index in [0.29, 0.717) is 5.75 Å². The molecule has 1 N–H and O–H groups in total. The fraction of sp³-hybridized carbons (Fsp3) is 0.0526. The Labute approximate surface area is 155 Å². The highest BCUT2D eigenvalue weighted by Gasteiger charge is 2.20. The van der Waals surface area contributed by atoms with Gasteiger partial charge in [0.25, 0.3) is 5.91 Å². The number of methoxy groups -OCH3 is 1. The third-order valence-electron chi connectivity index (χ3n) is 3.73. The number of benzene rings is 2. The third kappa shape index (κ3) is 4.12. The van der Waals surface area contributed by atoms with Gasteiger partial charge in [0.1, 0.15) is 11.6 Å². The van der Waals surface area contributed by atoms with Gasteiger partial charge in [-0.05, 0) is 54.6 Å². The van der Waals surface area contributed by atoms with Crippen molar-refractivity contribution in [1.82, 2.24) is 4.98 Å². The molecule has 3 rings (SSSR count). The molecule has 0 saturated heterocycles. The first-order valence-electron chi connectivity index (χ1n) is 7.82. The summed E-state index contributed by atoms with van der Waals surface area (Å²) in [5, 5.41) is 2.33. The smallest absolute Gasteiger partial charge is 0.257 e. The molecule has 1 amide bonds. The normalized spacial score (nSPS) is 11.0. The molecule has 3 aromatic rings. The lowest BCUT2D eigenvalue weighted by Gasteiger charge is -2.07. The molecule has 138 valence electrons. The molecule has 1 heterocycles. The Balaban J connectivity index is 1.80. The number of carbonyl (C=O) groups excluding carboxylic acids is 1. The minimum absolute atomic E-state index is 0.0627. The number of pyridine rings is 1.